The molecule has 1 amide bonds. The normalized spacial score (nSPS) is 28.8. The molecule has 0 aromatic heterocycles. The summed E-state index contributed by atoms with van der Waals surface area (Å²) in [4.78, 5) is 12.3. The van der Waals surface area contributed by atoms with Crippen LogP contribution in [0.1, 0.15) is 10.4 Å². The van der Waals surface area contributed by atoms with Gasteiger partial charge in [0.15, 0.2) is 9.84 Å². The minimum atomic E-state index is -3.28. The highest BCUT2D eigenvalue weighted by molar-refractivity contribution is 7.90. The Morgan fingerprint density at radius 3 is 2.63 bits per heavy atom. The first-order valence-electron chi connectivity index (χ1n) is 6.28. The van der Waals surface area contributed by atoms with Gasteiger partial charge in [-0.3, -0.25) is 4.79 Å². The Morgan fingerprint density at radius 2 is 2.00 bits per heavy atom. The first-order chi connectivity index (χ1) is 8.97. The van der Waals surface area contributed by atoms with Crippen molar-refractivity contribution in [3.63, 3.8) is 0 Å². The number of carbonyl (C=O) groups is 1. The molecule has 3 rings (SSSR count). The molecule has 5 nitrogen and oxygen atoms in total. The standard InChI is InChI=1S/C13H16N2O3S/c1-19(17,18)9-4-2-3-8(5-9)13(16)15-12-10-6-14-7-11(10)12/h2-5,10-12,14H,6-7H2,1H3,(H,15,16)/t10-,11-/m0/s1. The molecule has 1 saturated carbocycles. The maximum atomic E-state index is 12.1. The van der Waals surface area contributed by atoms with Crippen molar-refractivity contribution in [1.82, 2.24) is 10.6 Å². The quantitative estimate of drug-likeness (QED) is 0.819. The largest absolute Gasteiger partial charge is 0.349 e. The second kappa shape index (κ2) is 4.31. The Morgan fingerprint density at radius 1 is 1.32 bits per heavy atom. The van der Waals surface area contributed by atoms with Gasteiger partial charge in [0.25, 0.3) is 5.91 Å². The summed E-state index contributed by atoms with van der Waals surface area (Å²) in [5.41, 5.74) is 0.404. The second-order valence-corrected chi connectivity index (χ2v) is 7.30. The van der Waals surface area contributed by atoms with Crippen molar-refractivity contribution < 1.29 is 13.2 Å². The first kappa shape index (κ1) is 12.6. The minimum Gasteiger partial charge on any atom is -0.349 e. The third-order valence-corrected chi connectivity index (χ3v) is 5.02. The van der Waals surface area contributed by atoms with Crippen molar-refractivity contribution in [1.29, 1.82) is 0 Å². The van der Waals surface area contributed by atoms with Crippen LogP contribution < -0.4 is 10.6 Å². The summed E-state index contributed by atoms with van der Waals surface area (Å²) >= 11 is 0. The lowest BCUT2D eigenvalue weighted by molar-refractivity contribution is 0.0946. The molecule has 0 unspecified atom stereocenters. The summed E-state index contributed by atoms with van der Waals surface area (Å²) in [7, 11) is -3.28. The predicted molar refractivity (Wildman–Crippen MR) is 70.7 cm³/mol. The predicted octanol–water partition coefficient (Wildman–Crippen LogP) is 0.0377. The third-order valence-electron chi connectivity index (χ3n) is 3.91. The number of hydrogen-bond donors (Lipinski definition) is 2. The van der Waals surface area contributed by atoms with E-state index in [1.54, 1.807) is 12.1 Å². The Labute approximate surface area is 112 Å². The fourth-order valence-corrected chi connectivity index (χ4v) is 3.40. The molecular formula is C13H16N2O3S. The molecule has 2 atom stereocenters. The summed E-state index contributed by atoms with van der Waals surface area (Å²) in [6.45, 7) is 1.91. The molecule has 1 heterocycles. The molecule has 2 N–H and O–H groups in total. The summed E-state index contributed by atoms with van der Waals surface area (Å²) in [6.07, 6.45) is 1.14. The number of piperidine rings is 1. The van der Waals surface area contributed by atoms with E-state index in [-0.39, 0.29) is 16.8 Å². The molecule has 19 heavy (non-hydrogen) atoms. The molecule has 0 bridgehead atoms. The van der Waals surface area contributed by atoms with E-state index in [1.165, 1.54) is 12.1 Å². The van der Waals surface area contributed by atoms with Gasteiger partial charge in [-0.1, -0.05) is 6.07 Å². The fourth-order valence-electron chi connectivity index (χ4n) is 2.74. The number of rotatable bonds is 3. The van der Waals surface area contributed by atoms with Gasteiger partial charge in [-0.05, 0) is 30.0 Å². The maximum absolute atomic E-state index is 12.1. The van der Waals surface area contributed by atoms with Crippen LogP contribution in [0, 0.1) is 11.8 Å². The van der Waals surface area contributed by atoms with Gasteiger partial charge in [0.1, 0.15) is 0 Å². The molecule has 0 spiro atoms. The second-order valence-electron chi connectivity index (χ2n) is 5.29. The highest BCUT2D eigenvalue weighted by atomic mass is 32.2. The summed E-state index contributed by atoms with van der Waals surface area (Å²) in [5.74, 6) is 0.897. The van der Waals surface area contributed by atoms with Crippen LogP contribution in [-0.2, 0) is 9.84 Å². The fraction of sp³-hybridized carbons (Fsp3) is 0.462. The van der Waals surface area contributed by atoms with Crippen LogP contribution in [0.4, 0.5) is 0 Å². The Balaban J connectivity index is 1.73. The van der Waals surface area contributed by atoms with Crippen molar-refractivity contribution in [3.8, 4) is 0 Å². The van der Waals surface area contributed by atoms with Crippen LogP contribution in [0.5, 0.6) is 0 Å². The van der Waals surface area contributed by atoms with E-state index < -0.39 is 9.84 Å². The molecule has 102 valence electrons. The van der Waals surface area contributed by atoms with Crippen molar-refractivity contribution in [2.75, 3.05) is 19.3 Å². The van der Waals surface area contributed by atoms with Gasteiger partial charge in [0.2, 0.25) is 0 Å². The molecule has 2 aliphatic rings. The van der Waals surface area contributed by atoms with E-state index >= 15 is 0 Å². The third kappa shape index (κ3) is 2.37. The van der Waals surface area contributed by atoms with Crippen LogP contribution in [0.2, 0.25) is 0 Å². The SMILES string of the molecule is CS(=O)(=O)c1cccc(C(=O)NC2[C@H]3CNC[C@H]23)c1. The highest BCUT2D eigenvalue weighted by Gasteiger charge is 2.53. The zero-order chi connectivity index (χ0) is 13.6. The monoisotopic (exact) mass is 280 g/mol. The Hall–Kier alpha value is -1.40. The maximum Gasteiger partial charge on any atom is 0.251 e. The van der Waals surface area contributed by atoms with Crippen molar-refractivity contribution >= 4 is 15.7 Å². The zero-order valence-corrected chi connectivity index (χ0v) is 11.4. The van der Waals surface area contributed by atoms with E-state index in [1.807, 2.05) is 0 Å². The lowest BCUT2D eigenvalue weighted by Gasteiger charge is -2.08. The van der Waals surface area contributed by atoms with Gasteiger partial charge >= 0.3 is 0 Å². The van der Waals surface area contributed by atoms with Crippen LogP contribution in [0.3, 0.4) is 0 Å². The minimum absolute atomic E-state index is 0.179. The van der Waals surface area contributed by atoms with E-state index in [2.05, 4.69) is 10.6 Å². The molecule has 2 fully saturated rings. The lowest BCUT2D eigenvalue weighted by Crippen LogP contribution is -2.32. The van der Waals surface area contributed by atoms with Gasteiger partial charge in [-0.15, -0.1) is 0 Å². The average molecular weight is 280 g/mol. The smallest absolute Gasteiger partial charge is 0.251 e. The number of amides is 1. The van der Waals surface area contributed by atoms with Gasteiger partial charge in [0.05, 0.1) is 4.90 Å². The number of fused-ring (bicyclic) bond motifs is 1. The molecule has 1 aliphatic carbocycles. The Kier molecular flexibility index (Phi) is 2.87. The number of benzene rings is 1. The number of hydrogen-bond acceptors (Lipinski definition) is 4. The number of sulfone groups is 1. The number of carbonyl (C=O) groups excluding carboxylic acids is 1. The zero-order valence-electron chi connectivity index (χ0n) is 10.6. The molecular weight excluding hydrogens is 264 g/mol. The topological polar surface area (TPSA) is 75.3 Å². The molecule has 6 heteroatoms. The van der Waals surface area contributed by atoms with E-state index in [9.17, 15) is 13.2 Å². The van der Waals surface area contributed by atoms with Gasteiger partial charge in [0, 0.05) is 31.0 Å². The molecule has 1 aromatic rings. The highest BCUT2D eigenvalue weighted by Crippen LogP contribution is 2.41. The summed E-state index contributed by atoms with van der Waals surface area (Å²) < 4.78 is 22.9. The van der Waals surface area contributed by atoms with Crippen LogP contribution in [-0.4, -0.2) is 39.7 Å². The summed E-state index contributed by atoms with van der Waals surface area (Å²) in [5, 5.41) is 6.24. The number of nitrogens with one attached hydrogen (secondary N) is 2. The van der Waals surface area contributed by atoms with E-state index in [4.69, 9.17) is 0 Å². The average Bonchev–Trinajstić information content (AvgIpc) is 2.81. The molecule has 1 saturated heterocycles. The van der Waals surface area contributed by atoms with Crippen molar-refractivity contribution in [2.24, 2.45) is 11.8 Å². The van der Waals surface area contributed by atoms with Crippen LogP contribution in [0.15, 0.2) is 29.2 Å². The molecule has 0 radical (unpaired) electrons. The molecule has 1 aliphatic heterocycles. The van der Waals surface area contributed by atoms with Crippen LogP contribution in [0.25, 0.3) is 0 Å². The van der Waals surface area contributed by atoms with Crippen LogP contribution >= 0.6 is 0 Å². The van der Waals surface area contributed by atoms with Crippen molar-refractivity contribution in [2.45, 2.75) is 10.9 Å². The first-order valence-corrected chi connectivity index (χ1v) is 8.17. The van der Waals surface area contributed by atoms with Gasteiger partial charge in [-0.2, -0.15) is 0 Å². The lowest BCUT2D eigenvalue weighted by atomic mass is 10.2. The van der Waals surface area contributed by atoms with Gasteiger partial charge < -0.3 is 10.6 Å². The van der Waals surface area contributed by atoms with Gasteiger partial charge in [-0.25, -0.2) is 8.42 Å². The molecule has 1 aromatic carbocycles. The van der Waals surface area contributed by atoms with E-state index in [0.717, 1.165) is 19.3 Å². The summed E-state index contributed by atoms with van der Waals surface area (Å²) in [6, 6.07) is 6.42. The van der Waals surface area contributed by atoms with Crippen molar-refractivity contribution in [3.05, 3.63) is 29.8 Å². The Bertz CT molecular complexity index is 617. The van der Waals surface area contributed by atoms with E-state index in [0.29, 0.717) is 17.4 Å².